The normalized spacial score (nSPS) is 13.9. The zero-order valence-corrected chi connectivity index (χ0v) is 7.00. The van der Waals surface area contributed by atoms with Crippen molar-refractivity contribution in [3.63, 3.8) is 0 Å². The van der Waals surface area contributed by atoms with Crippen LogP contribution in [0.1, 0.15) is 18.1 Å². The number of rotatable bonds is 1. The summed E-state index contributed by atoms with van der Waals surface area (Å²) in [6, 6.07) is 8.06. The van der Waals surface area contributed by atoms with E-state index < -0.39 is 0 Å². The van der Waals surface area contributed by atoms with Crippen molar-refractivity contribution in [1.82, 2.24) is 0 Å². The Kier molecular flexibility index (Phi) is 1.58. The Morgan fingerprint density at radius 3 is 2.83 bits per heavy atom. The zero-order chi connectivity index (χ0) is 8.55. The van der Waals surface area contributed by atoms with Gasteiger partial charge in [-0.05, 0) is 24.5 Å². The lowest BCUT2D eigenvalue weighted by molar-refractivity contribution is -0.111. The average Bonchev–Trinajstić information content (AvgIpc) is 2.47. The van der Waals surface area contributed by atoms with Crippen LogP contribution in [-0.4, -0.2) is 5.78 Å². The van der Waals surface area contributed by atoms with Crippen LogP contribution < -0.4 is 0 Å². The third-order valence-electron chi connectivity index (χ3n) is 2.21. The fourth-order valence-electron chi connectivity index (χ4n) is 1.62. The summed E-state index contributed by atoms with van der Waals surface area (Å²) in [7, 11) is 0. The van der Waals surface area contributed by atoms with Gasteiger partial charge in [0.25, 0.3) is 0 Å². The maximum Gasteiger partial charge on any atom is 0.160 e. The molecule has 0 saturated carbocycles. The Bertz CT molecular complexity index is 361. The standard InChI is InChI=1S/C11H10O/c1-8(12)10-7-6-9-4-2-3-5-11(9)10/h2-5,7H,6H2,1H3. The number of fused-ring (bicyclic) bond motifs is 1. The maximum atomic E-state index is 11.1. The molecular weight excluding hydrogens is 148 g/mol. The molecule has 1 nitrogen and oxygen atoms in total. The first-order chi connectivity index (χ1) is 5.79. The molecule has 60 valence electrons. The fourth-order valence-corrected chi connectivity index (χ4v) is 1.62. The smallest absolute Gasteiger partial charge is 0.160 e. The van der Waals surface area contributed by atoms with Crippen molar-refractivity contribution in [2.45, 2.75) is 13.3 Å². The summed E-state index contributed by atoms with van der Waals surface area (Å²) < 4.78 is 0. The first-order valence-electron chi connectivity index (χ1n) is 4.08. The average molecular weight is 158 g/mol. The van der Waals surface area contributed by atoms with Crippen LogP contribution in [0.4, 0.5) is 0 Å². The molecule has 0 heterocycles. The van der Waals surface area contributed by atoms with Crippen LogP contribution in [0, 0.1) is 0 Å². The molecule has 0 N–H and O–H groups in total. The Balaban J connectivity index is 2.52. The van der Waals surface area contributed by atoms with Gasteiger partial charge in [-0.3, -0.25) is 4.79 Å². The molecule has 0 unspecified atom stereocenters. The predicted molar refractivity (Wildman–Crippen MR) is 48.8 cm³/mol. The minimum absolute atomic E-state index is 0.167. The van der Waals surface area contributed by atoms with Gasteiger partial charge in [0.05, 0.1) is 0 Å². The van der Waals surface area contributed by atoms with Crippen molar-refractivity contribution < 1.29 is 4.79 Å². The second kappa shape index (κ2) is 2.59. The highest BCUT2D eigenvalue weighted by molar-refractivity contribution is 6.20. The molecule has 1 heteroatoms. The first-order valence-corrected chi connectivity index (χ1v) is 4.08. The van der Waals surface area contributed by atoms with Gasteiger partial charge >= 0.3 is 0 Å². The summed E-state index contributed by atoms with van der Waals surface area (Å²) in [5.74, 6) is 0.167. The van der Waals surface area contributed by atoms with E-state index in [0.717, 1.165) is 17.6 Å². The number of Topliss-reactive ketones (excluding diaryl/α,β-unsaturated/α-hetero) is 1. The largest absolute Gasteiger partial charge is 0.295 e. The van der Waals surface area contributed by atoms with Crippen LogP contribution in [0.3, 0.4) is 0 Å². The lowest BCUT2D eigenvalue weighted by Crippen LogP contribution is -1.93. The summed E-state index contributed by atoms with van der Waals surface area (Å²) in [5.41, 5.74) is 3.26. The van der Waals surface area contributed by atoms with Crippen LogP contribution in [0.5, 0.6) is 0 Å². The molecule has 0 aliphatic heterocycles. The van der Waals surface area contributed by atoms with E-state index in [1.807, 2.05) is 24.3 Å². The van der Waals surface area contributed by atoms with E-state index in [1.165, 1.54) is 5.56 Å². The van der Waals surface area contributed by atoms with Crippen LogP contribution in [-0.2, 0) is 11.2 Å². The minimum atomic E-state index is 0.167. The van der Waals surface area contributed by atoms with Gasteiger partial charge in [-0.2, -0.15) is 0 Å². The number of ketones is 1. The highest BCUT2D eigenvalue weighted by Gasteiger charge is 2.15. The maximum absolute atomic E-state index is 11.1. The number of hydrogen-bond acceptors (Lipinski definition) is 1. The van der Waals surface area contributed by atoms with Gasteiger partial charge in [0, 0.05) is 5.57 Å². The topological polar surface area (TPSA) is 17.1 Å². The predicted octanol–water partition coefficient (Wildman–Crippen LogP) is 2.22. The van der Waals surface area contributed by atoms with E-state index in [-0.39, 0.29) is 5.78 Å². The van der Waals surface area contributed by atoms with Crippen molar-refractivity contribution in [1.29, 1.82) is 0 Å². The lowest BCUT2D eigenvalue weighted by Gasteiger charge is -2.00. The quantitative estimate of drug-likeness (QED) is 0.612. The van der Waals surface area contributed by atoms with Gasteiger partial charge in [-0.25, -0.2) is 0 Å². The van der Waals surface area contributed by atoms with Crippen molar-refractivity contribution in [3.8, 4) is 0 Å². The molecule has 0 spiro atoms. The van der Waals surface area contributed by atoms with E-state index in [1.54, 1.807) is 6.92 Å². The van der Waals surface area contributed by atoms with Crippen molar-refractivity contribution in [2.24, 2.45) is 0 Å². The lowest BCUT2D eigenvalue weighted by atomic mass is 10.0. The molecule has 1 aromatic carbocycles. The first kappa shape index (κ1) is 7.29. The third-order valence-corrected chi connectivity index (χ3v) is 2.21. The van der Waals surface area contributed by atoms with Crippen LogP contribution in [0.2, 0.25) is 0 Å². The summed E-state index contributed by atoms with van der Waals surface area (Å²) in [6.07, 6.45) is 2.91. The Labute approximate surface area is 71.7 Å². The molecule has 1 aromatic rings. The van der Waals surface area contributed by atoms with Crippen LogP contribution in [0.25, 0.3) is 5.57 Å². The molecule has 1 aliphatic rings. The van der Waals surface area contributed by atoms with Crippen molar-refractivity contribution in [2.75, 3.05) is 0 Å². The minimum Gasteiger partial charge on any atom is -0.295 e. The number of carbonyl (C=O) groups excluding carboxylic acids is 1. The monoisotopic (exact) mass is 158 g/mol. The third kappa shape index (κ3) is 0.981. The van der Waals surface area contributed by atoms with E-state index in [4.69, 9.17) is 0 Å². The highest BCUT2D eigenvalue weighted by atomic mass is 16.1. The molecule has 0 radical (unpaired) electrons. The van der Waals surface area contributed by atoms with E-state index in [2.05, 4.69) is 6.07 Å². The van der Waals surface area contributed by atoms with Gasteiger partial charge in [-0.1, -0.05) is 30.3 Å². The van der Waals surface area contributed by atoms with E-state index >= 15 is 0 Å². The number of allylic oxidation sites excluding steroid dienone is 2. The Morgan fingerprint density at radius 1 is 1.33 bits per heavy atom. The molecule has 0 amide bonds. The molecule has 0 atom stereocenters. The number of benzene rings is 1. The van der Waals surface area contributed by atoms with Crippen molar-refractivity contribution >= 4 is 11.4 Å². The summed E-state index contributed by atoms with van der Waals surface area (Å²) >= 11 is 0. The molecule has 1 aliphatic carbocycles. The number of hydrogen-bond donors (Lipinski definition) is 0. The Hall–Kier alpha value is -1.37. The number of carbonyl (C=O) groups is 1. The fraction of sp³-hybridized carbons (Fsp3) is 0.182. The van der Waals surface area contributed by atoms with Crippen LogP contribution in [0.15, 0.2) is 30.3 Å². The SMILES string of the molecule is CC(=O)C1=CCc2ccccc21. The summed E-state index contributed by atoms with van der Waals surface area (Å²) in [5, 5.41) is 0. The summed E-state index contributed by atoms with van der Waals surface area (Å²) in [4.78, 5) is 11.1. The molecular formula is C11H10O. The van der Waals surface area contributed by atoms with Gasteiger partial charge in [0.2, 0.25) is 0 Å². The van der Waals surface area contributed by atoms with Gasteiger partial charge in [-0.15, -0.1) is 0 Å². The molecule has 12 heavy (non-hydrogen) atoms. The molecule has 0 bridgehead atoms. The highest BCUT2D eigenvalue weighted by Crippen LogP contribution is 2.27. The summed E-state index contributed by atoms with van der Waals surface area (Å²) in [6.45, 7) is 1.62. The molecule has 0 fully saturated rings. The van der Waals surface area contributed by atoms with Crippen molar-refractivity contribution in [3.05, 3.63) is 41.5 Å². The molecule has 0 aromatic heterocycles. The zero-order valence-electron chi connectivity index (χ0n) is 7.00. The van der Waals surface area contributed by atoms with Gasteiger partial charge in [0.1, 0.15) is 0 Å². The van der Waals surface area contributed by atoms with Crippen LogP contribution >= 0.6 is 0 Å². The Morgan fingerprint density at radius 2 is 2.08 bits per heavy atom. The van der Waals surface area contributed by atoms with E-state index in [9.17, 15) is 4.79 Å². The second-order valence-electron chi connectivity index (χ2n) is 3.04. The molecule has 2 rings (SSSR count). The van der Waals surface area contributed by atoms with E-state index in [0.29, 0.717) is 0 Å². The van der Waals surface area contributed by atoms with Gasteiger partial charge in [0.15, 0.2) is 5.78 Å². The van der Waals surface area contributed by atoms with Gasteiger partial charge < -0.3 is 0 Å². The second-order valence-corrected chi connectivity index (χ2v) is 3.04. The molecule has 0 saturated heterocycles.